The van der Waals surface area contributed by atoms with Crippen LogP contribution in [0.3, 0.4) is 0 Å². The topological polar surface area (TPSA) is 104 Å². The summed E-state index contributed by atoms with van der Waals surface area (Å²) >= 11 is 0. The zero-order valence-corrected chi connectivity index (χ0v) is 10.5. The first-order chi connectivity index (χ1) is 8.99. The minimum atomic E-state index is -0.659. The molecule has 2 N–H and O–H groups in total. The Balaban J connectivity index is 2.44. The van der Waals surface area contributed by atoms with Crippen LogP contribution in [0, 0.1) is 24.0 Å². The first-order valence-electron chi connectivity index (χ1n) is 5.49. The zero-order valence-electron chi connectivity index (χ0n) is 10.5. The highest BCUT2D eigenvalue weighted by molar-refractivity contribution is 5.59. The monoisotopic (exact) mass is 260 g/mol. The summed E-state index contributed by atoms with van der Waals surface area (Å²) in [6.07, 6.45) is 1.13. The quantitative estimate of drug-likeness (QED) is 0.671. The molecule has 0 bridgehead atoms. The fraction of sp³-hybridized carbons (Fsp3) is 0.167. The van der Waals surface area contributed by atoms with Gasteiger partial charge in [-0.25, -0.2) is 4.98 Å². The number of nitro groups is 1. The third-order valence-electron chi connectivity index (χ3n) is 2.54. The van der Waals surface area contributed by atoms with Crippen molar-refractivity contribution in [3.63, 3.8) is 0 Å². The van der Waals surface area contributed by atoms with Crippen molar-refractivity contribution in [3.05, 3.63) is 45.8 Å². The molecule has 0 fully saturated rings. The Bertz CT molecular complexity index is 643. The lowest BCUT2D eigenvalue weighted by Gasteiger charge is -2.08. The Morgan fingerprint density at radius 1 is 1.32 bits per heavy atom. The van der Waals surface area contributed by atoms with Gasteiger partial charge in [0.05, 0.1) is 4.92 Å². The molecule has 7 nitrogen and oxygen atoms in total. The van der Waals surface area contributed by atoms with Gasteiger partial charge >= 0.3 is 11.6 Å². The Hall–Kier alpha value is -2.70. The fourth-order valence-corrected chi connectivity index (χ4v) is 1.64. The van der Waals surface area contributed by atoms with Crippen LogP contribution in [0.2, 0.25) is 0 Å². The average Bonchev–Trinajstić information content (AvgIpc) is 2.32. The number of nitrogens with two attached hydrogens (primary N) is 1. The van der Waals surface area contributed by atoms with E-state index in [0.717, 1.165) is 17.5 Å². The molecule has 19 heavy (non-hydrogen) atoms. The summed E-state index contributed by atoms with van der Waals surface area (Å²) < 4.78 is 5.46. The van der Waals surface area contributed by atoms with Crippen molar-refractivity contribution >= 4 is 11.5 Å². The molecule has 2 aromatic rings. The molecule has 0 saturated heterocycles. The van der Waals surface area contributed by atoms with Gasteiger partial charge in [0.15, 0.2) is 0 Å². The van der Waals surface area contributed by atoms with Crippen LogP contribution >= 0.6 is 0 Å². The number of anilines is 1. The van der Waals surface area contributed by atoms with Gasteiger partial charge in [-0.15, -0.1) is 0 Å². The third-order valence-corrected chi connectivity index (χ3v) is 2.54. The maximum atomic E-state index is 10.9. The van der Waals surface area contributed by atoms with Crippen LogP contribution in [0.4, 0.5) is 11.5 Å². The molecule has 0 radical (unpaired) electrons. The van der Waals surface area contributed by atoms with Crippen LogP contribution in [0.15, 0.2) is 24.5 Å². The Morgan fingerprint density at radius 2 is 2.05 bits per heavy atom. The summed E-state index contributed by atoms with van der Waals surface area (Å²) in [5.41, 5.74) is 6.96. The number of ether oxygens (including phenoxy) is 1. The number of aryl methyl sites for hydroxylation is 2. The van der Waals surface area contributed by atoms with Crippen LogP contribution in [-0.2, 0) is 0 Å². The van der Waals surface area contributed by atoms with Gasteiger partial charge < -0.3 is 10.5 Å². The predicted molar refractivity (Wildman–Crippen MR) is 69.1 cm³/mol. The van der Waals surface area contributed by atoms with Crippen molar-refractivity contribution in [1.29, 1.82) is 0 Å². The highest BCUT2D eigenvalue weighted by Crippen LogP contribution is 2.33. The minimum Gasteiger partial charge on any atom is -0.433 e. The van der Waals surface area contributed by atoms with E-state index in [-0.39, 0.29) is 11.7 Å². The van der Waals surface area contributed by atoms with Gasteiger partial charge in [0.1, 0.15) is 12.1 Å². The second-order valence-corrected chi connectivity index (χ2v) is 4.04. The van der Waals surface area contributed by atoms with Crippen molar-refractivity contribution in [1.82, 2.24) is 9.97 Å². The lowest BCUT2D eigenvalue weighted by atomic mass is 10.1. The number of hydrogen-bond acceptors (Lipinski definition) is 6. The van der Waals surface area contributed by atoms with Crippen molar-refractivity contribution < 1.29 is 9.66 Å². The van der Waals surface area contributed by atoms with Crippen molar-refractivity contribution in [2.75, 3.05) is 5.73 Å². The third kappa shape index (κ3) is 2.59. The van der Waals surface area contributed by atoms with Crippen LogP contribution in [-0.4, -0.2) is 14.9 Å². The van der Waals surface area contributed by atoms with Gasteiger partial charge in [-0.2, -0.15) is 4.98 Å². The summed E-state index contributed by atoms with van der Waals surface area (Å²) in [7, 11) is 0. The molecule has 0 amide bonds. The summed E-state index contributed by atoms with van der Waals surface area (Å²) in [5.74, 6) is 0.107. The van der Waals surface area contributed by atoms with Crippen molar-refractivity contribution in [2.45, 2.75) is 13.8 Å². The van der Waals surface area contributed by atoms with Gasteiger partial charge in [0.25, 0.3) is 0 Å². The smallest absolute Gasteiger partial charge is 0.372 e. The first-order valence-corrected chi connectivity index (χ1v) is 5.49. The van der Waals surface area contributed by atoms with Crippen molar-refractivity contribution in [2.24, 2.45) is 0 Å². The highest BCUT2D eigenvalue weighted by Gasteiger charge is 2.23. The molecule has 0 aliphatic heterocycles. The number of nitrogen functional groups attached to an aromatic ring is 1. The van der Waals surface area contributed by atoms with Crippen LogP contribution < -0.4 is 10.5 Å². The molecular formula is C12H12N4O3. The van der Waals surface area contributed by atoms with Gasteiger partial charge in [-0.05, 0) is 25.5 Å². The molecule has 7 heteroatoms. The molecule has 98 valence electrons. The standard InChI is InChI=1S/C12H12N4O3/c1-7-3-4-9(8(2)5-7)19-12-10(16(17)18)11(13)14-6-15-12/h3-6H,1-2H3,(H2,13,14,15). The van der Waals surface area contributed by atoms with Gasteiger partial charge in [0.2, 0.25) is 5.82 Å². The van der Waals surface area contributed by atoms with Crippen LogP contribution in [0.1, 0.15) is 11.1 Å². The van der Waals surface area contributed by atoms with E-state index in [2.05, 4.69) is 9.97 Å². The van der Waals surface area contributed by atoms with E-state index in [1.807, 2.05) is 26.0 Å². The highest BCUT2D eigenvalue weighted by atomic mass is 16.6. The molecule has 2 rings (SSSR count). The number of rotatable bonds is 3. The second-order valence-electron chi connectivity index (χ2n) is 4.04. The van der Waals surface area contributed by atoms with Gasteiger partial charge in [-0.3, -0.25) is 10.1 Å². The van der Waals surface area contributed by atoms with Crippen molar-refractivity contribution in [3.8, 4) is 11.6 Å². The Kier molecular flexibility index (Phi) is 3.28. The number of hydrogen-bond donors (Lipinski definition) is 1. The molecule has 0 aliphatic rings. The normalized spacial score (nSPS) is 10.2. The maximum absolute atomic E-state index is 10.9. The SMILES string of the molecule is Cc1ccc(Oc2ncnc(N)c2[N+](=O)[O-])c(C)c1. The number of nitrogens with zero attached hydrogens (tertiary/aromatic N) is 3. The number of aromatic nitrogens is 2. The maximum Gasteiger partial charge on any atom is 0.372 e. The van der Waals surface area contributed by atoms with E-state index < -0.39 is 10.6 Å². The Morgan fingerprint density at radius 3 is 2.68 bits per heavy atom. The van der Waals surface area contributed by atoms with E-state index in [1.54, 1.807) is 6.07 Å². The summed E-state index contributed by atoms with van der Waals surface area (Å²) in [6, 6.07) is 5.48. The molecule has 0 atom stereocenters. The molecular weight excluding hydrogens is 248 g/mol. The van der Waals surface area contributed by atoms with E-state index in [1.165, 1.54) is 0 Å². The molecule has 0 unspecified atom stereocenters. The Labute approximate surface area is 109 Å². The summed E-state index contributed by atoms with van der Waals surface area (Å²) in [6.45, 7) is 3.79. The minimum absolute atomic E-state index is 0.163. The van der Waals surface area contributed by atoms with Gasteiger partial charge in [0, 0.05) is 0 Å². The molecule has 0 saturated carbocycles. The van der Waals surface area contributed by atoms with E-state index in [4.69, 9.17) is 10.5 Å². The fourth-order valence-electron chi connectivity index (χ4n) is 1.64. The lowest BCUT2D eigenvalue weighted by Crippen LogP contribution is -2.03. The molecule has 0 aliphatic carbocycles. The second kappa shape index (κ2) is 4.89. The zero-order chi connectivity index (χ0) is 14.0. The van der Waals surface area contributed by atoms with E-state index in [0.29, 0.717) is 5.75 Å². The average molecular weight is 260 g/mol. The molecule has 0 spiro atoms. The van der Waals surface area contributed by atoms with Crippen LogP contribution in [0.25, 0.3) is 0 Å². The molecule has 1 aromatic heterocycles. The summed E-state index contributed by atoms with van der Waals surface area (Å²) in [5, 5.41) is 10.9. The van der Waals surface area contributed by atoms with E-state index >= 15 is 0 Å². The molecule has 1 aromatic carbocycles. The predicted octanol–water partition coefficient (Wildman–Crippen LogP) is 2.38. The first kappa shape index (κ1) is 12.7. The van der Waals surface area contributed by atoms with Crippen LogP contribution in [0.5, 0.6) is 11.6 Å². The lowest BCUT2D eigenvalue weighted by molar-refractivity contribution is -0.385. The largest absolute Gasteiger partial charge is 0.433 e. The number of benzene rings is 1. The van der Waals surface area contributed by atoms with Gasteiger partial charge in [-0.1, -0.05) is 17.7 Å². The van der Waals surface area contributed by atoms with E-state index in [9.17, 15) is 10.1 Å². The summed E-state index contributed by atoms with van der Waals surface area (Å²) in [4.78, 5) is 17.6. The molecule has 1 heterocycles.